The lowest BCUT2D eigenvalue weighted by Crippen LogP contribution is -2.44. The largest absolute Gasteiger partial charge is 0.393 e. The minimum Gasteiger partial charge on any atom is -0.393 e. The van der Waals surface area contributed by atoms with E-state index in [2.05, 4.69) is 38.7 Å². The van der Waals surface area contributed by atoms with Crippen LogP contribution in [0.2, 0.25) is 0 Å². The van der Waals surface area contributed by atoms with E-state index in [1.165, 1.54) is 0 Å². The van der Waals surface area contributed by atoms with Crippen LogP contribution in [0.25, 0.3) is 0 Å². The molecule has 0 aliphatic carbocycles. The van der Waals surface area contributed by atoms with E-state index in [4.69, 9.17) is 9.84 Å². The number of aliphatic hydroxyl groups is 1. The third-order valence-electron chi connectivity index (χ3n) is 2.62. The molecule has 5 heteroatoms. The van der Waals surface area contributed by atoms with Crippen LogP contribution in [0.3, 0.4) is 0 Å². The molecule has 0 spiro atoms. The lowest BCUT2D eigenvalue weighted by molar-refractivity contribution is -0.124. The van der Waals surface area contributed by atoms with Crippen molar-refractivity contribution in [3.8, 4) is 0 Å². The van der Waals surface area contributed by atoms with Gasteiger partial charge < -0.3 is 15.2 Å². The van der Waals surface area contributed by atoms with Crippen LogP contribution in [0, 0.1) is 5.41 Å². The molecule has 4 nitrogen and oxygen atoms in total. The van der Waals surface area contributed by atoms with Gasteiger partial charge in [-0.3, -0.25) is 4.79 Å². The van der Waals surface area contributed by atoms with Gasteiger partial charge in [-0.15, -0.1) is 0 Å². The summed E-state index contributed by atoms with van der Waals surface area (Å²) < 4.78 is 4.76. The fraction of sp³-hybridized carbons (Fsp3) is 0.929. The minimum absolute atomic E-state index is 0.0449. The summed E-state index contributed by atoms with van der Waals surface area (Å²) in [5.74, 6) is -0.0869. The Hall–Kier alpha value is -0.260. The summed E-state index contributed by atoms with van der Waals surface area (Å²) in [7, 11) is 0. The van der Waals surface area contributed by atoms with Gasteiger partial charge in [-0.1, -0.05) is 20.8 Å². The molecule has 0 rings (SSSR count). The molecule has 1 unspecified atom stereocenters. The second-order valence-corrected chi connectivity index (χ2v) is 8.02. The van der Waals surface area contributed by atoms with Gasteiger partial charge >= 0.3 is 0 Å². The predicted molar refractivity (Wildman–Crippen MR) is 81.6 cm³/mol. The molecule has 2 N–H and O–H groups in total. The molecule has 1 amide bonds. The Morgan fingerprint density at radius 2 is 1.74 bits per heavy atom. The van der Waals surface area contributed by atoms with E-state index < -0.39 is 10.3 Å². The van der Waals surface area contributed by atoms with Crippen LogP contribution in [0.15, 0.2) is 0 Å². The molecule has 0 aromatic heterocycles. The molecule has 0 saturated heterocycles. The zero-order valence-electron chi connectivity index (χ0n) is 13.0. The molecule has 19 heavy (non-hydrogen) atoms. The Bertz CT molecular complexity index is 296. The second-order valence-electron chi connectivity index (χ2n) is 7.03. The summed E-state index contributed by atoms with van der Waals surface area (Å²) in [6.07, 6.45) is 0.692. The van der Waals surface area contributed by atoms with Gasteiger partial charge in [0.05, 0.1) is 23.6 Å². The van der Waals surface area contributed by atoms with Gasteiger partial charge in [0, 0.05) is 6.54 Å². The normalized spacial score (nSPS) is 16.0. The van der Waals surface area contributed by atoms with Crippen LogP contribution in [-0.2, 0) is 9.53 Å². The molecule has 0 saturated carbocycles. The van der Waals surface area contributed by atoms with Crippen LogP contribution in [0.1, 0.15) is 48.0 Å². The third-order valence-corrected chi connectivity index (χ3v) is 2.99. The zero-order valence-corrected chi connectivity index (χ0v) is 13.9. The van der Waals surface area contributed by atoms with E-state index in [1.54, 1.807) is 13.8 Å². The van der Waals surface area contributed by atoms with Crippen molar-refractivity contribution in [1.82, 2.24) is 5.32 Å². The van der Waals surface area contributed by atoms with Crippen LogP contribution in [-0.4, -0.2) is 41.1 Å². The SMILES string of the molecule is CC(C)(C)CC(C)(S)C(=O)NCCOC(C)(C)CO. The third kappa shape index (κ3) is 8.50. The Morgan fingerprint density at radius 3 is 2.16 bits per heavy atom. The molecular weight excluding hydrogens is 262 g/mol. The summed E-state index contributed by atoms with van der Waals surface area (Å²) in [5, 5.41) is 11.9. The molecule has 0 aliphatic rings. The highest BCUT2D eigenvalue weighted by molar-refractivity contribution is 7.82. The van der Waals surface area contributed by atoms with E-state index in [0.717, 1.165) is 0 Å². The first-order valence-electron chi connectivity index (χ1n) is 6.65. The molecule has 0 heterocycles. The highest BCUT2D eigenvalue weighted by Gasteiger charge is 2.33. The van der Waals surface area contributed by atoms with E-state index in [1.807, 2.05) is 6.92 Å². The van der Waals surface area contributed by atoms with Crippen LogP contribution in [0.5, 0.6) is 0 Å². The van der Waals surface area contributed by atoms with Crippen molar-refractivity contribution in [3.05, 3.63) is 0 Å². The van der Waals surface area contributed by atoms with Crippen molar-refractivity contribution in [2.75, 3.05) is 19.8 Å². The number of hydrogen-bond acceptors (Lipinski definition) is 4. The second kappa shape index (κ2) is 6.95. The number of amides is 1. The number of hydrogen-bond donors (Lipinski definition) is 3. The molecule has 114 valence electrons. The van der Waals surface area contributed by atoms with Crippen LogP contribution >= 0.6 is 12.6 Å². The summed E-state index contributed by atoms with van der Waals surface area (Å²) >= 11 is 4.46. The predicted octanol–water partition coefficient (Wildman–Crippen LogP) is 2.01. The first-order valence-corrected chi connectivity index (χ1v) is 7.10. The first-order chi connectivity index (χ1) is 8.40. The lowest BCUT2D eigenvalue weighted by Gasteiger charge is -2.30. The highest BCUT2D eigenvalue weighted by atomic mass is 32.1. The molecule has 0 aromatic carbocycles. The van der Waals surface area contributed by atoms with Gasteiger partial charge in [-0.25, -0.2) is 0 Å². The number of nitrogens with one attached hydrogen (secondary N) is 1. The number of carbonyl (C=O) groups is 1. The van der Waals surface area contributed by atoms with Crippen molar-refractivity contribution in [2.24, 2.45) is 5.41 Å². The van der Waals surface area contributed by atoms with Gasteiger partial charge in [0.2, 0.25) is 5.91 Å². The maximum Gasteiger partial charge on any atom is 0.235 e. The molecule has 0 fully saturated rings. The Labute approximate surface area is 122 Å². The van der Waals surface area contributed by atoms with E-state index in [0.29, 0.717) is 19.6 Å². The number of ether oxygens (including phenoxy) is 1. The Balaban J connectivity index is 4.11. The van der Waals surface area contributed by atoms with Gasteiger partial charge in [0.15, 0.2) is 0 Å². The summed E-state index contributed by atoms with van der Waals surface area (Å²) in [6, 6.07) is 0. The molecule has 0 aromatic rings. The quantitative estimate of drug-likeness (QED) is 0.497. The smallest absolute Gasteiger partial charge is 0.235 e. The maximum atomic E-state index is 12.0. The van der Waals surface area contributed by atoms with Gasteiger partial charge in [0.25, 0.3) is 0 Å². The standard InChI is InChI=1S/C14H29NO3S/c1-12(2,3)9-14(6,19)11(17)15-7-8-18-13(4,5)10-16/h16,19H,7-10H2,1-6H3,(H,15,17). The van der Waals surface area contributed by atoms with Crippen molar-refractivity contribution < 1.29 is 14.6 Å². The van der Waals surface area contributed by atoms with E-state index in [-0.39, 0.29) is 17.9 Å². The average Bonchev–Trinajstić information content (AvgIpc) is 2.20. The molecule has 0 radical (unpaired) electrons. The number of thiol groups is 1. The molecule has 1 atom stereocenters. The van der Waals surface area contributed by atoms with Crippen molar-refractivity contribution >= 4 is 18.5 Å². The summed E-state index contributed by atoms with van der Waals surface area (Å²) in [5.41, 5.74) is -0.524. The fourth-order valence-corrected chi connectivity index (χ4v) is 2.39. The number of carbonyl (C=O) groups excluding carboxylic acids is 1. The minimum atomic E-state index is -0.690. The van der Waals surface area contributed by atoms with E-state index >= 15 is 0 Å². The van der Waals surface area contributed by atoms with Crippen LogP contribution < -0.4 is 5.32 Å². The number of rotatable bonds is 7. The fourth-order valence-electron chi connectivity index (χ4n) is 1.84. The maximum absolute atomic E-state index is 12.0. The monoisotopic (exact) mass is 291 g/mol. The number of aliphatic hydroxyl groups excluding tert-OH is 1. The lowest BCUT2D eigenvalue weighted by atomic mass is 9.84. The van der Waals surface area contributed by atoms with Gasteiger partial charge in [-0.05, 0) is 32.6 Å². The first kappa shape index (κ1) is 18.7. The topological polar surface area (TPSA) is 58.6 Å². The molecular formula is C14H29NO3S. The van der Waals surface area contributed by atoms with Gasteiger partial charge in [0.1, 0.15) is 0 Å². The highest BCUT2D eigenvalue weighted by Crippen LogP contribution is 2.31. The Kier molecular flexibility index (Phi) is 6.86. The van der Waals surface area contributed by atoms with Crippen molar-refractivity contribution in [3.63, 3.8) is 0 Å². The Morgan fingerprint density at radius 1 is 1.21 bits per heavy atom. The summed E-state index contributed by atoms with van der Waals surface area (Å²) in [6.45, 7) is 12.4. The van der Waals surface area contributed by atoms with Crippen LogP contribution in [0.4, 0.5) is 0 Å². The average molecular weight is 291 g/mol. The molecule has 0 aliphatic heterocycles. The van der Waals surface area contributed by atoms with Crippen molar-refractivity contribution in [1.29, 1.82) is 0 Å². The van der Waals surface area contributed by atoms with Crippen molar-refractivity contribution in [2.45, 2.75) is 58.3 Å². The van der Waals surface area contributed by atoms with Gasteiger partial charge in [-0.2, -0.15) is 12.6 Å². The summed E-state index contributed by atoms with van der Waals surface area (Å²) in [4.78, 5) is 12.0. The van der Waals surface area contributed by atoms with E-state index in [9.17, 15) is 4.79 Å². The zero-order chi connectivity index (χ0) is 15.3. The molecule has 0 bridgehead atoms.